The first-order valence-corrected chi connectivity index (χ1v) is 9.45. The highest BCUT2D eigenvalue weighted by Gasteiger charge is 2.55. The van der Waals surface area contributed by atoms with Gasteiger partial charge in [0.2, 0.25) is 0 Å². The van der Waals surface area contributed by atoms with Crippen molar-refractivity contribution >= 4 is 29.0 Å². The topological polar surface area (TPSA) is 62.8 Å². The van der Waals surface area contributed by atoms with E-state index in [4.69, 9.17) is 21.1 Å². The first-order valence-electron chi connectivity index (χ1n) is 9.07. The van der Waals surface area contributed by atoms with Gasteiger partial charge in [-0.25, -0.2) is 4.79 Å². The van der Waals surface area contributed by atoms with Gasteiger partial charge in [-0.3, -0.25) is 0 Å². The van der Waals surface area contributed by atoms with E-state index in [-0.39, 0.29) is 29.5 Å². The first-order chi connectivity index (χ1) is 12.3. The van der Waals surface area contributed by atoms with Crippen LogP contribution in [0.2, 0.25) is 5.02 Å². The predicted octanol–water partition coefficient (Wildman–Crippen LogP) is 3.36. The second-order valence-corrected chi connectivity index (χ2v) is 8.11. The van der Waals surface area contributed by atoms with Crippen LogP contribution in [0, 0.1) is 11.3 Å². The van der Waals surface area contributed by atoms with Gasteiger partial charge in [-0.2, -0.15) is 0 Å². The van der Waals surface area contributed by atoms with E-state index in [0.29, 0.717) is 23.9 Å². The van der Waals surface area contributed by atoms with E-state index in [0.717, 1.165) is 18.8 Å². The Labute approximate surface area is 160 Å². The summed E-state index contributed by atoms with van der Waals surface area (Å²) in [6.07, 6.45) is 0.142. The maximum absolute atomic E-state index is 12.6. The number of amides is 2. The van der Waals surface area contributed by atoms with Crippen LogP contribution in [-0.4, -0.2) is 51.6 Å². The van der Waals surface area contributed by atoms with Gasteiger partial charge in [-0.1, -0.05) is 32.4 Å². The largest absolute Gasteiger partial charge is 0.380 e. The zero-order valence-electron chi connectivity index (χ0n) is 15.8. The number of ether oxygens (including phenoxy) is 2. The van der Waals surface area contributed by atoms with Crippen LogP contribution < -0.4 is 15.5 Å². The van der Waals surface area contributed by atoms with E-state index in [1.807, 2.05) is 12.1 Å². The molecule has 1 aliphatic heterocycles. The molecule has 26 heavy (non-hydrogen) atoms. The normalized spacial score (nSPS) is 27.6. The van der Waals surface area contributed by atoms with Crippen molar-refractivity contribution < 1.29 is 14.3 Å². The van der Waals surface area contributed by atoms with Gasteiger partial charge in [0.1, 0.15) is 0 Å². The molecule has 0 bridgehead atoms. The Balaban J connectivity index is 1.70. The van der Waals surface area contributed by atoms with E-state index in [1.165, 1.54) is 0 Å². The van der Waals surface area contributed by atoms with Crippen LogP contribution in [-0.2, 0) is 9.47 Å². The van der Waals surface area contributed by atoms with Crippen molar-refractivity contribution in [3.05, 3.63) is 23.2 Å². The van der Waals surface area contributed by atoms with Crippen LogP contribution >= 0.6 is 11.6 Å². The zero-order chi connectivity index (χ0) is 18.9. The van der Waals surface area contributed by atoms with Crippen LogP contribution in [0.4, 0.5) is 16.2 Å². The van der Waals surface area contributed by atoms with Crippen molar-refractivity contribution in [2.24, 2.45) is 11.3 Å². The Morgan fingerprint density at radius 2 is 2.04 bits per heavy atom. The molecular formula is C19H28ClN3O3. The lowest BCUT2D eigenvalue weighted by Crippen LogP contribution is -2.68. The first kappa shape index (κ1) is 19.3. The third-order valence-electron chi connectivity index (χ3n) is 5.64. The Hall–Kier alpha value is -1.50. The van der Waals surface area contributed by atoms with Crippen molar-refractivity contribution in [2.45, 2.75) is 32.9 Å². The number of halogens is 1. The van der Waals surface area contributed by atoms with Crippen molar-refractivity contribution in [3.8, 4) is 0 Å². The summed E-state index contributed by atoms with van der Waals surface area (Å²) in [5.41, 5.74) is 1.57. The number of anilines is 2. The quantitative estimate of drug-likeness (QED) is 0.839. The molecule has 0 aromatic heterocycles. The highest BCUT2D eigenvalue weighted by Crippen LogP contribution is 2.47. The lowest BCUT2D eigenvalue weighted by atomic mass is 9.58. The average molecular weight is 382 g/mol. The fourth-order valence-corrected chi connectivity index (χ4v) is 4.58. The Kier molecular flexibility index (Phi) is 5.65. The number of methoxy groups -OCH3 is 1. The lowest BCUT2D eigenvalue weighted by molar-refractivity contribution is -0.140. The maximum Gasteiger partial charge on any atom is 0.319 e. The van der Waals surface area contributed by atoms with Gasteiger partial charge in [0.15, 0.2) is 0 Å². The summed E-state index contributed by atoms with van der Waals surface area (Å²) in [6, 6.07) is 5.41. The number of morpholine rings is 1. The second kappa shape index (κ2) is 7.62. The molecule has 1 aliphatic carbocycles. The van der Waals surface area contributed by atoms with Gasteiger partial charge in [0.05, 0.1) is 30.7 Å². The molecule has 144 valence electrons. The van der Waals surface area contributed by atoms with Crippen molar-refractivity contribution in [1.29, 1.82) is 0 Å². The van der Waals surface area contributed by atoms with Gasteiger partial charge in [-0.15, -0.1) is 0 Å². The molecule has 2 fully saturated rings. The molecule has 7 heteroatoms. The summed E-state index contributed by atoms with van der Waals surface area (Å²) >= 11 is 6.16. The highest BCUT2D eigenvalue weighted by atomic mass is 35.5. The molecule has 1 saturated heterocycles. The second-order valence-electron chi connectivity index (χ2n) is 7.67. The van der Waals surface area contributed by atoms with Crippen LogP contribution in [0.1, 0.15) is 20.8 Å². The standard InChI is InChI=1S/C19H28ClN3O3/c1-12-16(19(2,3)17(12)25-4)22-18(24)21-14-11-13(20)5-6-15(14)23-7-9-26-10-8-23/h5-6,11-12,16-17H,7-10H2,1-4H3,(H2,21,22,24)/t12-,16-,17-/m1/s1. The molecule has 2 N–H and O–H groups in total. The summed E-state index contributed by atoms with van der Waals surface area (Å²) in [5, 5.41) is 6.68. The summed E-state index contributed by atoms with van der Waals surface area (Å²) in [7, 11) is 1.72. The Bertz CT molecular complexity index is 661. The smallest absolute Gasteiger partial charge is 0.319 e. The van der Waals surface area contributed by atoms with Crippen LogP contribution in [0.25, 0.3) is 0 Å². The Morgan fingerprint density at radius 1 is 1.35 bits per heavy atom. The molecule has 3 atom stereocenters. The van der Waals surface area contributed by atoms with Crippen LogP contribution in [0.5, 0.6) is 0 Å². The molecule has 0 radical (unpaired) electrons. The molecule has 1 heterocycles. The predicted molar refractivity (Wildman–Crippen MR) is 104 cm³/mol. The third kappa shape index (κ3) is 3.63. The van der Waals surface area contributed by atoms with Crippen LogP contribution in [0.15, 0.2) is 18.2 Å². The number of carbonyl (C=O) groups excluding carboxylic acids is 1. The van der Waals surface area contributed by atoms with Gasteiger partial charge in [0, 0.05) is 42.6 Å². The van der Waals surface area contributed by atoms with Gasteiger partial charge in [-0.05, 0) is 18.2 Å². The van der Waals surface area contributed by atoms with E-state index in [9.17, 15) is 4.79 Å². The minimum atomic E-state index is -0.221. The van der Waals surface area contributed by atoms with Crippen molar-refractivity contribution in [3.63, 3.8) is 0 Å². The third-order valence-corrected chi connectivity index (χ3v) is 5.87. The molecule has 0 unspecified atom stereocenters. The van der Waals surface area contributed by atoms with E-state index >= 15 is 0 Å². The monoisotopic (exact) mass is 381 g/mol. The fourth-order valence-electron chi connectivity index (χ4n) is 4.41. The summed E-state index contributed by atoms with van der Waals surface area (Å²) in [4.78, 5) is 14.8. The highest BCUT2D eigenvalue weighted by molar-refractivity contribution is 6.31. The number of nitrogens with zero attached hydrogens (tertiary/aromatic N) is 1. The Morgan fingerprint density at radius 3 is 2.65 bits per heavy atom. The number of carbonyl (C=O) groups is 1. The zero-order valence-corrected chi connectivity index (χ0v) is 16.6. The summed E-state index contributed by atoms with van der Waals surface area (Å²) in [6.45, 7) is 9.28. The van der Waals surface area contributed by atoms with Crippen molar-refractivity contribution in [1.82, 2.24) is 5.32 Å². The molecule has 6 nitrogen and oxygen atoms in total. The van der Waals surface area contributed by atoms with Gasteiger partial charge in [0.25, 0.3) is 0 Å². The molecule has 0 spiro atoms. The maximum atomic E-state index is 12.6. The SMILES string of the molecule is CO[C@@H]1[C@H](C)[C@@H](NC(=O)Nc2cc(Cl)ccc2N2CCOCC2)C1(C)C. The van der Waals surface area contributed by atoms with E-state index in [1.54, 1.807) is 13.2 Å². The minimum Gasteiger partial charge on any atom is -0.380 e. The molecule has 2 aliphatic rings. The molecule has 1 saturated carbocycles. The van der Waals surface area contributed by atoms with Crippen LogP contribution in [0.3, 0.4) is 0 Å². The lowest BCUT2D eigenvalue weighted by Gasteiger charge is -2.56. The molecule has 3 rings (SSSR count). The average Bonchev–Trinajstić information content (AvgIpc) is 2.61. The number of hydrogen-bond donors (Lipinski definition) is 2. The molecule has 2 amide bonds. The molecule has 1 aromatic rings. The van der Waals surface area contributed by atoms with Gasteiger partial charge < -0.3 is 25.0 Å². The molecular weight excluding hydrogens is 354 g/mol. The fraction of sp³-hybridized carbons (Fsp3) is 0.632. The van der Waals surface area contributed by atoms with E-state index in [2.05, 4.69) is 36.3 Å². The summed E-state index contributed by atoms with van der Waals surface area (Å²) in [5.74, 6) is 0.263. The van der Waals surface area contributed by atoms with Gasteiger partial charge >= 0.3 is 6.03 Å². The van der Waals surface area contributed by atoms with E-state index < -0.39 is 0 Å². The number of nitrogens with one attached hydrogen (secondary N) is 2. The number of rotatable bonds is 4. The number of benzene rings is 1. The molecule has 1 aromatic carbocycles. The minimum absolute atomic E-state index is 0.0541. The summed E-state index contributed by atoms with van der Waals surface area (Å²) < 4.78 is 11.0. The number of hydrogen-bond acceptors (Lipinski definition) is 4. The van der Waals surface area contributed by atoms with Crippen molar-refractivity contribution in [2.75, 3.05) is 43.6 Å². The number of urea groups is 1.